The van der Waals surface area contributed by atoms with Gasteiger partial charge in [0, 0.05) is 31.6 Å². The maximum absolute atomic E-state index is 13.2. The van der Waals surface area contributed by atoms with E-state index < -0.39 is 0 Å². The molecule has 0 spiro atoms. The Morgan fingerprint density at radius 2 is 1.81 bits per heavy atom. The Morgan fingerprint density at radius 3 is 2.54 bits per heavy atom. The maximum Gasteiger partial charge on any atom is 0.257 e. The van der Waals surface area contributed by atoms with Gasteiger partial charge in [0.25, 0.3) is 5.91 Å². The summed E-state index contributed by atoms with van der Waals surface area (Å²) in [6, 6.07) is 2.17. The third kappa shape index (κ3) is 3.28. The molecule has 142 valence electrons. The summed E-state index contributed by atoms with van der Waals surface area (Å²) < 4.78 is 5.02. The van der Waals surface area contributed by atoms with Crippen LogP contribution in [-0.4, -0.2) is 47.3 Å². The SMILES string of the molecule is CC1CCN(C(=O)C2CCN(C(=O)c3ccoc3)CC2)C2CCCCC12. The summed E-state index contributed by atoms with van der Waals surface area (Å²) in [6.07, 6.45) is 10.8. The number of carbonyl (C=O) groups is 2. The molecular weight excluding hydrogens is 328 g/mol. The van der Waals surface area contributed by atoms with E-state index in [1.807, 2.05) is 4.90 Å². The van der Waals surface area contributed by atoms with Crippen LogP contribution in [0.15, 0.2) is 23.0 Å². The number of fused-ring (bicyclic) bond motifs is 1. The van der Waals surface area contributed by atoms with E-state index in [0.717, 1.165) is 31.7 Å². The Balaban J connectivity index is 1.36. The first-order chi connectivity index (χ1) is 12.6. The van der Waals surface area contributed by atoms with Crippen molar-refractivity contribution in [2.75, 3.05) is 19.6 Å². The molecule has 5 nitrogen and oxygen atoms in total. The van der Waals surface area contributed by atoms with Crippen LogP contribution in [0.4, 0.5) is 0 Å². The molecule has 1 aliphatic carbocycles. The zero-order valence-corrected chi connectivity index (χ0v) is 15.7. The van der Waals surface area contributed by atoms with Gasteiger partial charge in [-0.3, -0.25) is 9.59 Å². The van der Waals surface area contributed by atoms with Gasteiger partial charge in [0.2, 0.25) is 5.91 Å². The summed E-state index contributed by atoms with van der Waals surface area (Å²) in [4.78, 5) is 29.7. The predicted molar refractivity (Wildman–Crippen MR) is 98.6 cm³/mol. The molecule has 0 aromatic carbocycles. The third-order valence-electron chi connectivity index (χ3n) is 6.92. The molecule has 5 heteroatoms. The fourth-order valence-electron chi connectivity index (χ4n) is 5.32. The van der Waals surface area contributed by atoms with Crippen molar-refractivity contribution in [2.45, 2.75) is 57.9 Å². The molecule has 0 N–H and O–H groups in total. The molecule has 0 radical (unpaired) electrons. The average Bonchev–Trinajstić information content (AvgIpc) is 3.22. The fourth-order valence-corrected chi connectivity index (χ4v) is 5.32. The molecule has 1 aromatic rings. The van der Waals surface area contributed by atoms with Gasteiger partial charge in [-0.05, 0) is 50.0 Å². The molecule has 1 saturated carbocycles. The molecule has 0 bridgehead atoms. The van der Waals surface area contributed by atoms with E-state index in [4.69, 9.17) is 4.42 Å². The van der Waals surface area contributed by atoms with Gasteiger partial charge < -0.3 is 14.2 Å². The lowest BCUT2D eigenvalue weighted by molar-refractivity contribution is -0.144. The first kappa shape index (κ1) is 17.6. The first-order valence-electron chi connectivity index (χ1n) is 10.3. The van der Waals surface area contributed by atoms with Crippen LogP contribution >= 0.6 is 0 Å². The minimum atomic E-state index is 0.0174. The number of amides is 2. The molecule has 2 amide bonds. The van der Waals surface area contributed by atoms with E-state index in [9.17, 15) is 9.59 Å². The van der Waals surface area contributed by atoms with Gasteiger partial charge in [0.05, 0.1) is 11.8 Å². The van der Waals surface area contributed by atoms with Crippen LogP contribution in [0.2, 0.25) is 0 Å². The van der Waals surface area contributed by atoms with Gasteiger partial charge in [-0.15, -0.1) is 0 Å². The van der Waals surface area contributed by atoms with Gasteiger partial charge in [-0.1, -0.05) is 19.8 Å². The van der Waals surface area contributed by atoms with Crippen molar-refractivity contribution in [1.82, 2.24) is 9.80 Å². The number of piperidine rings is 2. The largest absolute Gasteiger partial charge is 0.472 e. The molecule has 3 fully saturated rings. The van der Waals surface area contributed by atoms with Crippen molar-refractivity contribution in [3.63, 3.8) is 0 Å². The van der Waals surface area contributed by atoms with Gasteiger partial charge >= 0.3 is 0 Å². The Kier molecular flexibility index (Phi) is 5.05. The van der Waals surface area contributed by atoms with E-state index in [1.165, 1.54) is 38.2 Å². The van der Waals surface area contributed by atoms with Gasteiger partial charge in [-0.25, -0.2) is 0 Å². The lowest BCUT2D eigenvalue weighted by Gasteiger charge is -2.48. The summed E-state index contributed by atoms with van der Waals surface area (Å²) in [5.74, 6) is 1.90. The fraction of sp³-hybridized carbons (Fsp3) is 0.714. The third-order valence-corrected chi connectivity index (χ3v) is 6.92. The van der Waals surface area contributed by atoms with E-state index >= 15 is 0 Å². The standard InChI is InChI=1S/C21H30N2O3/c1-15-6-12-23(19-5-3-2-4-18(15)19)21(25)16-7-10-22(11-8-16)20(24)17-9-13-26-14-17/h9,13-16,18-19H,2-8,10-12H2,1H3. The summed E-state index contributed by atoms with van der Waals surface area (Å²) >= 11 is 0. The Hall–Kier alpha value is -1.78. The second-order valence-corrected chi connectivity index (χ2v) is 8.39. The van der Waals surface area contributed by atoms with Crippen LogP contribution < -0.4 is 0 Å². The van der Waals surface area contributed by atoms with Crippen LogP contribution in [0, 0.1) is 17.8 Å². The predicted octanol–water partition coefficient (Wildman–Crippen LogP) is 3.56. The van der Waals surface area contributed by atoms with Crippen molar-refractivity contribution < 1.29 is 14.0 Å². The van der Waals surface area contributed by atoms with E-state index in [2.05, 4.69) is 11.8 Å². The van der Waals surface area contributed by atoms with Crippen LogP contribution in [0.5, 0.6) is 0 Å². The number of furan rings is 1. The number of nitrogens with zero attached hydrogens (tertiary/aromatic N) is 2. The second kappa shape index (κ2) is 7.45. The lowest BCUT2D eigenvalue weighted by atomic mass is 9.72. The number of hydrogen-bond acceptors (Lipinski definition) is 3. The summed E-state index contributed by atoms with van der Waals surface area (Å²) in [5, 5.41) is 0. The quantitative estimate of drug-likeness (QED) is 0.812. The van der Waals surface area contributed by atoms with Crippen molar-refractivity contribution in [2.24, 2.45) is 17.8 Å². The molecule has 1 aromatic heterocycles. The highest BCUT2D eigenvalue weighted by Crippen LogP contribution is 2.39. The molecule has 2 aliphatic heterocycles. The van der Waals surface area contributed by atoms with Crippen LogP contribution in [0.1, 0.15) is 62.2 Å². The van der Waals surface area contributed by atoms with Crippen LogP contribution in [0.3, 0.4) is 0 Å². The molecule has 3 heterocycles. The van der Waals surface area contributed by atoms with E-state index in [1.54, 1.807) is 6.07 Å². The number of rotatable bonds is 2. The summed E-state index contributed by atoms with van der Waals surface area (Å²) in [7, 11) is 0. The highest BCUT2D eigenvalue weighted by Gasteiger charge is 2.41. The zero-order valence-electron chi connectivity index (χ0n) is 15.7. The van der Waals surface area contributed by atoms with Gasteiger partial charge in [0.1, 0.15) is 6.26 Å². The Bertz CT molecular complexity index is 634. The monoisotopic (exact) mass is 358 g/mol. The molecule has 3 unspecified atom stereocenters. The summed E-state index contributed by atoms with van der Waals surface area (Å²) in [5.41, 5.74) is 0.602. The van der Waals surface area contributed by atoms with Gasteiger partial charge in [-0.2, -0.15) is 0 Å². The molecule has 26 heavy (non-hydrogen) atoms. The van der Waals surface area contributed by atoms with Crippen LogP contribution in [-0.2, 0) is 4.79 Å². The minimum absolute atomic E-state index is 0.0174. The number of likely N-dealkylation sites (tertiary alicyclic amines) is 2. The number of hydrogen-bond donors (Lipinski definition) is 0. The Labute approximate surface area is 155 Å². The van der Waals surface area contributed by atoms with Crippen molar-refractivity contribution in [1.29, 1.82) is 0 Å². The van der Waals surface area contributed by atoms with Crippen LogP contribution in [0.25, 0.3) is 0 Å². The smallest absolute Gasteiger partial charge is 0.257 e. The highest BCUT2D eigenvalue weighted by molar-refractivity contribution is 5.94. The molecular formula is C21H30N2O3. The molecule has 3 atom stereocenters. The zero-order chi connectivity index (χ0) is 18.1. The normalized spacial score (nSPS) is 30.1. The highest BCUT2D eigenvalue weighted by atomic mass is 16.3. The Morgan fingerprint density at radius 1 is 1.04 bits per heavy atom. The van der Waals surface area contributed by atoms with Crippen molar-refractivity contribution in [3.05, 3.63) is 24.2 Å². The molecule has 4 rings (SSSR count). The van der Waals surface area contributed by atoms with E-state index in [-0.39, 0.29) is 11.8 Å². The maximum atomic E-state index is 13.2. The van der Waals surface area contributed by atoms with E-state index in [0.29, 0.717) is 36.5 Å². The lowest BCUT2D eigenvalue weighted by Crippen LogP contribution is -2.55. The minimum Gasteiger partial charge on any atom is -0.472 e. The number of carbonyl (C=O) groups excluding carboxylic acids is 2. The average molecular weight is 358 g/mol. The molecule has 2 saturated heterocycles. The molecule has 3 aliphatic rings. The summed E-state index contributed by atoms with van der Waals surface area (Å²) in [6.45, 7) is 4.62. The van der Waals surface area contributed by atoms with Crippen molar-refractivity contribution in [3.8, 4) is 0 Å². The van der Waals surface area contributed by atoms with Gasteiger partial charge in [0.15, 0.2) is 0 Å². The first-order valence-corrected chi connectivity index (χ1v) is 10.3. The van der Waals surface area contributed by atoms with Crippen molar-refractivity contribution >= 4 is 11.8 Å². The topological polar surface area (TPSA) is 53.8 Å². The second-order valence-electron chi connectivity index (χ2n) is 8.39.